The first-order valence-corrected chi connectivity index (χ1v) is 8.23. The van der Waals surface area contributed by atoms with Gasteiger partial charge in [0.15, 0.2) is 0 Å². The van der Waals surface area contributed by atoms with Gasteiger partial charge in [-0.05, 0) is 36.8 Å². The second-order valence-electron chi connectivity index (χ2n) is 6.82. The summed E-state index contributed by atoms with van der Waals surface area (Å²) in [5.74, 6) is 1.14. The van der Waals surface area contributed by atoms with E-state index in [1.54, 1.807) is 0 Å². The van der Waals surface area contributed by atoms with E-state index >= 15 is 0 Å². The molecule has 1 aromatic carbocycles. The van der Waals surface area contributed by atoms with Crippen molar-refractivity contribution < 1.29 is 9.59 Å². The summed E-state index contributed by atoms with van der Waals surface area (Å²) in [6.07, 6.45) is 4.38. The molecule has 2 fully saturated rings. The Morgan fingerprint density at radius 3 is 2.91 bits per heavy atom. The van der Waals surface area contributed by atoms with E-state index in [0.29, 0.717) is 18.3 Å². The van der Waals surface area contributed by atoms with Gasteiger partial charge in [-0.2, -0.15) is 0 Å². The molecule has 0 spiro atoms. The van der Waals surface area contributed by atoms with E-state index in [0.717, 1.165) is 35.9 Å². The Hall–Kier alpha value is -2.30. The van der Waals surface area contributed by atoms with Crippen LogP contribution in [0.4, 0.5) is 0 Å². The summed E-state index contributed by atoms with van der Waals surface area (Å²) in [5, 5.41) is 4.00. The number of carbonyl (C=O) groups is 2. The zero-order chi connectivity index (χ0) is 16.0. The fourth-order valence-corrected chi connectivity index (χ4v) is 4.17. The number of hydrogen-bond acceptors (Lipinski definition) is 2. The summed E-state index contributed by atoms with van der Waals surface area (Å²) in [7, 11) is 1.89. The Morgan fingerprint density at radius 1 is 1.22 bits per heavy atom. The van der Waals surface area contributed by atoms with E-state index in [9.17, 15) is 9.59 Å². The van der Waals surface area contributed by atoms with Gasteiger partial charge in [0.05, 0.1) is 11.1 Å². The number of rotatable bonds is 2. The van der Waals surface area contributed by atoms with Gasteiger partial charge in [0.25, 0.3) is 5.91 Å². The van der Waals surface area contributed by atoms with Gasteiger partial charge in [0, 0.05) is 37.6 Å². The first-order valence-electron chi connectivity index (χ1n) is 8.23. The van der Waals surface area contributed by atoms with E-state index in [-0.39, 0.29) is 17.9 Å². The third-order valence-electron chi connectivity index (χ3n) is 5.51. The number of benzene rings is 1. The molecule has 2 aromatic rings. The summed E-state index contributed by atoms with van der Waals surface area (Å²) in [4.78, 5) is 29.5. The maximum atomic E-state index is 12.9. The minimum absolute atomic E-state index is 0.0565. The molecule has 120 valence electrons. The number of hydrogen-bond donors (Lipinski definition) is 2. The Balaban J connectivity index is 1.55. The highest BCUT2D eigenvalue weighted by atomic mass is 16.2. The Kier molecular flexibility index (Phi) is 3.36. The lowest BCUT2D eigenvalue weighted by molar-refractivity contribution is -0.124. The molecule has 0 unspecified atom stereocenters. The summed E-state index contributed by atoms with van der Waals surface area (Å²) < 4.78 is 0. The van der Waals surface area contributed by atoms with Crippen LogP contribution in [0.1, 0.15) is 29.6 Å². The molecule has 0 radical (unpaired) electrons. The first kappa shape index (κ1) is 14.3. The zero-order valence-electron chi connectivity index (χ0n) is 13.2. The third kappa shape index (κ3) is 2.40. The van der Waals surface area contributed by atoms with Crippen molar-refractivity contribution in [1.82, 2.24) is 15.2 Å². The van der Waals surface area contributed by atoms with E-state index in [4.69, 9.17) is 0 Å². The van der Waals surface area contributed by atoms with Crippen LogP contribution in [-0.2, 0) is 4.79 Å². The fraction of sp³-hybridized carbons (Fsp3) is 0.444. The monoisotopic (exact) mass is 311 g/mol. The molecule has 1 aliphatic heterocycles. The predicted octanol–water partition coefficient (Wildman–Crippen LogP) is 2.15. The van der Waals surface area contributed by atoms with Crippen LogP contribution in [0.3, 0.4) is 0 Å². The molecule has 4 rings (SSSR count). The van der Waals surface area contributed by atoms with Gasteiger partial charge in [0.1, 0.15) is 0 Å². The van der Waals surface area contributed by atoms with E-state index in [1.807, 2.05) is 42.4 Å². The standard InChI is InChI=1S/C18H21N3O2/c1-21(14-7-12-9-16(22)20-10-13(12)8-14)18(23)15-4-2-3-11-5-6-19-17(11)15/h2-6,12-14,19H,7-10H2,1H3,(H,20,22)/t12-,13+,14-/m1/s1. The summed E-state index contributed by atoms with van der Waals surface area (Å²) in [5.41, 5.74) is 1.62. The molecular weight excluding hydrogens is 290 g/mol. The molecule has 2 aliphatic rings. The second kappa shape index (κ2) is 5.41. The number of fused-ring (bicyclic) bond motifs is 2. The number of nitrogens with zero attached hydrogens (tertiary/aromatic N) is 1. The molecule has 0 bridgehead atoms. The summed E-state index contributed by atoms with van der Waals surface area (Å²) >= 11 is 0. The minimum Gasteiger partial charge on any atom is -0.361 e. The van der Waals surface area contributed by atoms with Crippen molar-refractivity contribution >= 4 is 22.7 Å². The molecule has 1 saturated carbocycles. The Bertz CT molecular complexity index is 766. The first-order chi connectivity index (χ1) is 11.1. The predicted molar refractivity (Wildman–Crippen MR) is 88.0 cm³/mol. The largest absolute Gasteiger partial charge is 0.361 e. The van der Waals surface area contributed by atoms with E-state index < -0.39 is 0 Å². The van der Waals surface area contributed by atoms with Crippen LogP contribution in [0.5, 0.6) is 0 Å². The highest BCUT2D eigenvalue weighted by molar-refractivity contribution is 6.05. The van der Waals surface area contributed by atoms with Gasteiger partial charge in [-0.1, -0.05) is 12.1 Å². The number of para-hydroxylation sites is 1. The number of piperidine rings is 1. The highest BCUT2D eigenvalue weighted by Gasteiger charge is 2.40. The molecule has 2 amide bonds. The van der Waals surface area contributed by atoms with Crippen LogP contribution in [0.2, 0.25) is 0 Å². The quantitative estimate of drug-likeness (QED) is 0.892. The lowest BCUT2D eigenvalue weighted by atomic mass is 9.89. The second-order valence-corrected chi connectivity index (χ2v) is 6.82. The van der Waals surface area contributed by atoms with Crippen molar-refractivity contribution in [1.29, 1.82) is 0 Å². The highest BCUT2D eigenvalue weighted by Crippen LogP contribution is 2.38. The zero-order valence-corrected chi connectivity index (χ0v) is 13.2. The molecule has 5 nitrogen and oxygen atoms in total. The summed E-state index contributed by atoms with van der Waals surface area (Å²) in [6.45, 7) is 0.758. The third-order valence-corrected chi connectivity index (χ3v) is 5.51. The minimum atomic E-state index is 0.0565. The number of carbonyl (C=O) groups excluding carboxylic acids is 2. The number of H-pyrrole nitrogens is 1. The lowest BCUT2D eigenvalue weighted by Gasteiger charge is -2.25. The Labute approximate surface area is 135 Å². The smallest absolute Gasteiger partial charge is 0.255 e. The van der Waals surface area contributed by atoms with Crippen LogP contribution in [0.25, 0.3) is 10.9 Å². The van der Waals surface area contributed by atoms with Crippen molar-refractivity contribution in [2.45, 2.75) is 25.3 Å². The molecular formula is C18H21N3O2. The van der Waals surface area contributed by atoms with Crippen molar-refractivity contribution in [2.24, 2.45) is 11.8 Å². The molecule has 2 N–H and O–H groups in total. The SMILES string of the molecule is CN(C(=O)c1cccc2cc[nH]c12)[C@H]1C[C@H]2CNC(=O)C[C@H]2C1. The Morgan fingerprint density at radius 2 is 2.04 bits per heavy atom. The van der Waals surface area contributed by atoms with Gasteiger partial charge >= 0.3 is 0 Å². The maximum Gasteiger partial charge on any atom is 0.255 e. The summed E-state index contributed by atoms with van der Waals surface area (Å²) in [6, 6.07) is 8.01. The van der Waals surface area contributed by atoms with Gasteiger partial charge in [0.2, 0.25) is 5.91 Å². The van der Waals surface area contributed by atoms with Crippen LogP contribution in [-0.4, -0.2) is 41.3 Å². The molecule has 5 heteroatoms. The van der Waals surface area contributed by atoms with Gasteiger partial charge in [-0.15, -0.1) is 0 Å². The number of nitrogens with one attached hydrogen (secondary N) is 2. The molecule has 3 atom stereocenters. The van der Waals surface area contributed by atoms with Gasteiger partial charge < -0.3 is 15.2 Å². The van der Waals surface area contributed by atoms with Gasteiger partial charge in [-0.3, -0.25) is 9.59 Å². The molecule has 2 heterocycles. The van der Waals surface area contributed by atoms with Crippen molar-refractivity contribution in [3.8, 4) is 0 Å². The average molecular weight is 311 g/mol. The van der Waals surface area contributed by atoms with E-state index in [2.05, 4.69) is 10.3 Å². The van der Waals surface area contributed by atoms with Crippen molar-refractivity contribution in [3.63, 3.8) is 0 Å². The number of aromatic amines is 1. The number of aromatic nitrogens is 1. The topological polar surface area (TPSA) is 65.2 Å². The molecule has 23 heavy (non-hydrogen) atoms. The van der Waals surface area contributed by atoms with Crippen LogP contribution in [0.15, 0.2) is 30.5 Å². The fourth-order valence-electron chi connectivity index (χ4n) is 4.17. The maximum absolute atomic E-state index is 12.9. The molecule has 1 aromatic heterocycles. The van der Waals surface area contributed by atoms with E-state index in [1.165, 1.54) is 0 Å². The van der Waals surface area contributed by atoms with Crippen molar-refractivity contribution in [2.75, 3.05) is 13.6 Å². The molecule has 1 aliphatic carbocycles. The van der Waals surface area contributed by atoms with Crippen LogP contribution >= 0.6 is 0 Å². The van der Waals surface area contributed by atoms with Crippen molar-refractivity contribution in [3.05, 3.63) is 36.0 Å². The normalized spacial score (nSPS) is 26.8. The lowest BCUT2D eigenvalue weighted by Crippen LogP contribution is -2.38. The number of amides is 2. The van der Waals surface area contributed by atoms with Crippen LogP contribution < -0.4 is 5.32 Å². The van der Waals surface area contributed by atoms with Gasteiger partial charge in [-0.25, -0.2) is 0 Å². The molecule has 1 saturated heterocycles. The average Bonchev–Trinajstić information content (AvgIpc) is 3.18. The van der Waals surface area contributed by atoms with Crippen LogP contribution in [0, 0.1) is 11.8 Å².